The number of aryl methyl sites for hydroxylation is 1. The van der Waals surface area contributed by atoms with Crippen molar-refractivity contribution in [2.75, 3.05) is 4.90 Å². The Labute approximate surface area is 205 Å². The molecule has 1 aliphatic rings. The van der Waals surface area contributed by atoms with Crippen molar-refractivity contribution in [1.29, 1.82) is 0 Å². The predicted octanol–water partition coefficient (Wildman–Crippen LogP) is 6.35. The Hall–Kier alpha value is -4.18. The van der Waals surface area contributed by atoms with E-state index in [1.807, 2.05) is 65.6 Å². The first-order valence-electron chi connectivity index (χ1n) is 12.0. The first-order chi connectivity index (χ1) is 17.1. The summed E-state index contributed by atoms with van der Waals surface area (Å²) in [5.41, 5.74) is 4.28. The van der Waals surface area contributed by atoms with Gasteiger partial charge in [0.25, 0.3) is 0 Å². The maximum atomic E-state index is 13.3. The van der Waals surface area contributed by atoms with E-state index in [2.05, 4.69) is 12.1 Å². The monoisotopic (exact) mass is 461 g/mol. The third-order valence-electron chi connectivity index (χ3n) is 6.72. The topological polar surface area (TPSA) is 57.6 Å². The lowest BCUT2D eigenvalue weighted by atomic mass is 9.78. The average molecular weight is 462 g/mol. The van der Waals surface area contributed by atoms with Gasteiger partial charge in [0.2, 0.25) is 5.91 Å². The Balaban J connectivity index is 1.35. The SMILES string of the molecule is O=C(c1ccccc1)c1ccc(N2C(=O)[C@H](CCCc3ccccc3)[C@H]2c2ccc(O)cc2)cc1. The molecule has 1 amide bonds. The number of carbonyl (C=O) groups is 2. The van der Waals surface area contributed by atoms with Gasteiger partial charge in [0, 0.05) is 16.8 Å². The van der Waals surface area contributed by atoms with E-state index in [1.165, 1.54) is 5.56 Å². The van der Waals surface area contributed by atoms with Gasteiger partial charge in [-0.2, -0.15) is 0 Å². The van der Waals surface area contributed by atoms with Gasteiger partial charge in [0.1, 0.15) is 5.75 Å². The van der Waals surface area contributed by atoms with Crippen LogP contribution in [0.2, 0.25) is 0 Å². The molecule has 0 saturated carbocycles. The van der Waals surface area contributed by atoms with E-state index >= 15 is 0 Å². The number of phenols is 1. The van der Waals surface area contributed by atoms with Crippen LogP contribution < -0.4 is 4.90 Å². The fourth-order valence-corrected chi connectivity index (χ4v) is 4.87. The highest BCUT2D eigenvalue weighted by atomic mass is 16.3. The minimum absolute atomic E-state index is 0.0408. The van der Waals surface area contributed by atoms with Gasteiger partial charge < -0.3 is 10.0 Å². The lowest BCUT2D eigenvalue weighted by Crippen LogP contribution is -2.55. The van der Waals surface area contributed by atoms with Crippen LogP contribution in [0.5, 0.6) is 5.75 Å². The summed E-state index contributed by atoms with van der Waals surface area (Å²) in [5, 5.41) is 9.76. The second-order valence-corrected chi connectivity index (χ2v) is 8.97. The Morgan fingerprint density at radius 3 is 2.00 bits per heavy atom. The first-order valence-corrected chi connectivity index (χ1v) is 12.0. The lowest BCUT2D eigenvalue weighted by molar-refractivity contribution is -0.130. The molecule has 5 rings (SSSR count). The van der Waals surface area contributed by atoms with Crippen LogP contribution in [0.1, 0.15) is 45.9 Å². The van der Waals surface area contributed by atoms with E-state index in [9.17, 15) is 14.7 Å². The number of carbonyl (C=O) groups excluding carboxylic acids is 2. The van der Waals surface area contributed by atoms with Crippen LogP contribution in [0.15, 0.2) is 109 Å². The standard InChI is InChI=1S/C31H27NO3/c33-27-20-16-23(17-21-27)29-28(13-7-10-22-8-3-1-4-9-22)31(35)32(29)26-18-14-25(15-19-26)30(34)24-11-5-2-6-12-24/h1-6,8-9,11-12,14-21,28-29,33H,7,10,13H2/t28-,29-/m1/s1. The number of hydrogen-bond acceptors (Lipinski definition) is 3. The number of amides is 1. The molecule has 0 spiro atoms. The van der Waals surface area contributed by atoms with Crippen molar-refractivity contribution in [2.24, 2.45) is 5.92 Å². The second kappa shape index (κ2) is 9.98. The molecule has 0 aliphatic carbocycles. The highest BCUT2D eigenvalue weighted by Gasteiger charge is 2.48. The molecule has 1 aliphatic heterocycles. The summed E-state index contributed by atoms with van der Waals surface area (Å²) in [5.74, 6) is 0.142. The number of anilines is 1. The Bertz CT molecular complexity index is 1300. The molecule has 2 atom stereocenters. The van der Waals surface area contributed by atoms with E-state index in [4.69, 9.17) is 0 Å². The number of aromatic hydroxyl groups is 1. The Morgan fingerprint density at radius 1 is 0.743 bits per heavy atom. The molecule has 0 unspecified atom stereocenters. The van der Waals surface area contributed by atoms with E-state index in [0.29, 0.717) is 11.1 Å². The smallest absolute Gasteiger partial charge is 0.233 e. The van der Waals surface area contributed by atoms with Crippen molar-refractivity contribution in [3.8, 4) is 5.75 Å². The quantitative estimate of drug-likeness (QED) is 0.246. The normalized spacial score (nSPS) is 17.1. The van der Waals surface area contributed by atoms with E-state index in [-0.39, 0.29) is 29.4 Å². The molecule has 4 aromatic rings. The lowest BCUT2D eigenvalue weighted by Gasteiger charge is -2.47. The third-order valence-corrected chi connectivity index (χ3v) is 6.72. The summed E-state index contributed by atoms with van der Waals surface area (Å²) in [6.45, 7) is 0. The predicted molar refractivity (Wildman–Crippen MR) is 138 cm³/mol. The van der Waals surface area contributed by atoms with Crippen molar-refractivity contribution >= 4 is 17.4 Å². The van der Waals surface area contributed by atoms with Crippen molar-refractivity contribution in [3.63, 3.8) is 0 Å². The van der Waals surface area contributed by atoms with Gasteiger partial charge in [-0.15, -0.1) is 0 Å². The molecule has 1 N–H and O–H groups in total. The van der Waals surface area contributed by atoms with E-state index in [0.717, 1.165) is 30.5 Å². The summed E-state index contributed by atoms with van der Waals surface area (Å²) in [6, 6.07) is 33.8. The van der Waals surface area contributed by atoms with Crippen molar-refractivity contribution in [1.82, 2.24) is 0 Å². The summed E-state index contributed by atoms with van der Waals surface area (Å²) in [4.78, 5) is 27.9. The number of phenolic OH excluding ortho intramolecular Hbond substituents is 1. The van der Waals surface area contributed by atoms with Crippen LogP contribution in [-0.4, -0.2) is 16.8 Å². The van der Waals surface area contributed by atoms with Gasteiger partial charge in [-0.05, 0) is 66.8 Å². The number of nitrogens with zero attached hydrogens (tertiary/aromatic N) is 1. The van der Waals surface area contributed by atoms with Crippen LogP contribution >= 0.6 is 0 Å². The molecule has 4 heteroatoms. The molecule has 1 heterocycles. The van der Waals surface area contributed by atoms with Crippen LogP contribution in [0.4, 0.5) is 5.69 Å². The van der Waals surface area contributed by atoms with E-state index < -0.39 is 0 Å². The molecule has 4 aromatic carbocycles. The highest BCUT2D eigenvalue weighted by Crippen LogP contribution is 2.46. The number of hydrogen-bond donors (Lipinski definition) is 1. The second-order valence-electron chi connectivity index (χ2n) is 8.97. The van der Waals surface area contributed by atoms with Crippen LogP contribution in [0.3, 0.4) is 0 Å². The fourth-order valence-electron chi connectivity index (χ4n) is 4.87. The molecular formula is C31H27NO3. The summed E-state index contributed by atoms with van der Waals surface area (Å²) < 4.78 is 0. The summed E-state index contributed by atoms with van der Waals surface area (Å²) >= 11 is 0. The molecule has 1 saturated heterocycles. The molecule has 0 aromatic heterocycles. The van der Waals surface area contributed by atoms with Gasteiger partial charge in [-0.1, -0.05) is 72.8 Å². The Kier molecular flexibility index (Phi) is 6.44. The van der Waals surface area contributed by atoms with E-state index in [1.54, 1.807) is 36.4 Å². The van der Waals surface area contributed by atoms with Crippen LogP contribution in [0.25, 0.3) is 0 Å². The van der Waals surface area contributed by atoms with Crippen LogP contribution in [0, 0.1) is 5.92 Å². The minimum atomic E-state index is -0.117. The average Bonchev–Trinajstić information content (AvgIpc) is 2.91. The third kappa shape index (κ3) is 4.73. The van der Waals surface area contributed by atoms with Gasteiger partial charge in [-0.25, -0.2) is 0 Å². The minimum Gasteiger partial charge on any atom is -0.508 e. The molecule has 4 nitrogen and oxygen atoms in total. The highest BCUT2D eigenvalue weighted by molar-refractivity contribution is 6.09. The zero-order valence-corrected chi connectivity index (χ0v) is 19.4. The molecular weight excluding hydrogens is 434 g/mol. The summed E-state index contributed by atoms with van der Waals surface area (Å²) in [6.07, 6.45) is 2.65. The maximum absolute atomic E-state index is 13.3. The Morgan fingerprint density at radius 2 is 1.34 bits per heavy atom. The van der Waals surface area contributed by atoms with Crippen molar-refractivity contribution in [2.45, 2.75) is 25.3 Å². The largest absolute Gasteiger partial charge is 0.508 e. The number of ketones is 1. The zero-order chi connectivity index (χ0) is 24.2. The number of β-lactam (4-membered cyclic amide) rings is 1. The summed E-state index contributed by atoms with van der Waals surface area (Å²) in [7, 11) is 0. The molecule has 35 heavy (non-hydrogen) atoms. The fraction of sp³-hybridized carbons (Fsp3) is 0.161. The molecule has 0 radical (unpaired) electrons. The molecule has 174 valence electrons. The molecule has 1 fully saturated rings. The first kappa shape index (κ1) is 22.6. The van der Waals surface area contributed by atoms with Gasteiger partial charge in [0.05, 0.1) is 12.0 Å². The van der Waals surface area contributed by atoms with Gasteiger partial charge in [-0.3, -0.25) is 9.59 Å². The maximum Gasteiger partial charge on any atom is 0.233 e. The van der Waals surface area contributed by atoms with Crippen molar-refractivity contribution in [3.05, 3.63) is 131 Å². The van der Waals surface area contributed by atoms with Gasteiger partial charge in [0.15, 0.2) is 5.78 Å². The zero-order valence-electron chi connectivity index (χ0n) is 19.4. The number of benzene rings is 4. The van der Waals surface area contributed by atoms with Crippen LogP contribution in [-0.2, 0) is 11.2 Å². The number of rotatable bonds is 8. The molecule has 0 bridgehead atoms. The van der Waals surface area contributed by atoms with Gasteiger partial charge >= 0.3 is 0 Å². The van der Waals surface area contributed by atoms with Crippen molar-refractivity contribution < 1.29 is 14.7 Å².